The molecule has 5 nitrogen and oxygen atoms in total. The van der Waals surface area contributed by atoms with Crippen molar-refractivity contribution in [3.8, 4) is 0 Å². The van der Waals surface area contributed by atoms with Crippen LogP contribution in [-0.2, 0) is 7.05 Å². The Morgan fingerprint density at radius 3 is 2.18 bits per heavy atom. The van der Waals surface area contributed by atoms with Crippen LogP contribution in [0.1, 0.15) is 73.6 Å². The predicted molar refractivity (Wildman–Crippen MR) is 151 cm³/mol. The van der Waals surface area contributed by atoms with Gasteiger partial charge in [-0.25, -0.2) is 4.98 Å². The molecule has 0 radical (unpaired) electrons. The quantitative estimate of drug-likeness (QED) is 0.362. The molecule has 1 aliphatic rings. The van der Waals surface area contributed by atoms with Crippen molar-refractivity contribution >= 4 is 34.4 Å². The van der Waals surface area contributed by atoms with Crippen LogP contribution in [0.15, 0.2) is 47.6 Å². The van der Waals surface area contributed by atoms with Crippen LogP contribution >= 0.6 is 11.9 Å². The van der Waals surface area contributed by atoms with Crippen molar-refractivity contribution in [3.63, 3.8) is 0 Å². The first-order valence-corrected chi connectivity index (χ1v) is 13.4. The molecule has 7 heteroatoms. The maximum Gasteiger partial charge on any atom is 0.128 e. The van der Waals surface area contributed by atoms with Gasteiger partial charge in [-0.05, 0) is 43.0 Å². The van der Waals surface area contributed by atoms with Gasteiger partial charge in [-0.15, -0.1) is 0 Å². The van der Waals surface area contributed by atoms with Crippen LogP contribution in [0.3, 0.4) is 0 Å². The van der Waals surface area contributed by atoms with Crippen molar-refractivity contribution in [1.82, 2.24) is 14.8 Å². The number of rotatable bonds is 5. The molecule has 0 saturated heterocycles. The van der Waals surface area contributed by atoms with Crippen molar-refractivity contribution in [2.24, 2.45) is 7.05 Å². The molecule has 1 saturated carbocycles. The molecule has 1 aromatic carbocycles. The summed E-state index contributed by atoms with van der Waals surface area (Å²) in [5.74, 6) is 1.06. The molecule has 1 aliphatic carbocycles. The summed E-state index contributed by atoms with van der Waals surface area (Å²) in [4.78, 5) is 8.13. The molecule has 0 bridgehead atoms. The molecule has 2 aromatic heterocycles. The van der Waals surface area contributed by atoms with E-state index >= 15 is 0 Å². The zero-order valence-corrected chi connectivity index (χ0v) is 23.5. The summed E-state index contributed by atoms with van der Waals surface area (Å²) in [6.45, 7) is 12.0. The summed E-state index contributed by atoms with van der Waals surface area (Å²) in [6.07, 6.45) is 10.5. The number of hydrogen-bond acceptors (Lipinski definition) is 5. The molecule has 0 atom stereocenters. The second-order valence-corrected chi connectivity index (χ2v) is 7.85. The fraction of sp³-hybridized carbons (Fsp3) is 0.556. The van der Waals surface area contributed by atoms with Crippen molar-refractivity contribution in [3.05, 3.63) is 42.7 Å². The Morgan fingerprint density at radius 2 is 1.59 bits per heavy atom. The van der Waals surface area contributed by atoms with E-state index in [1.54, 1.807) is 11.9 Å². The number of aromatic nitrogens is 3. The number of aryl methyl sites for hydroxylation is 1. The number of anilines is 2. The van der Waals surface area contributed by atoms with E-state index in [9.17, 15) is 4.39 Å². The number of alkyl halides is 1. The van der Waals surface area contributed by atoms with E-state index in [0.717, 1.165) is 27.3 Å². The van der Waals surface area contributed by atoms with Crippen molar-refractivity contribution in [2.75, 3.05) is 23.8 Å². The van der Waals surface area contributed by atoms with Gasteiger partial charge in [-0.3, -0.25) is 9.07 Å². The molecule has 192 valence electrons. The van der Waals surface area contributed by atoms with Crippen LogP contribution in [0.4, 0.5) is 15.9 Å². The average Bonchev–Trinajstić information content (AvgIpc) is 3.33. The predicted octanol–water partition coefficient (Wildman–Crippen LogP) is 8.52. The Labute approximate surface area is 211 Å². The fourth-order valence-corrected chi connectivity index (χ4v) is 4.36. The molecule has 0 aliphatic heterocycles. The zero-order chi connectivity index (χ0) is 25.9. The number of hydrogen-bond donors (Lipinski definition) is 1. The highest BCUT2D eigenvalue weighted by molar-refractivity contribution is 8.00. The molecular formula is C27H46FN5S. The normalized spacial score (nSPS) is 12.4. The topological polar surface area (TPSA) is 46.0 Å². The van der Waals surface area contributed by atoms with Gasteiger partial charge in [-0.2, -0.15) is 5.10 Å². The standard InChI is InChI=1S/C20H25N5S.3C2H6.CH3F/c1-24(16-8-4-3-5-9-16)19-12-11-17(14-21-19)26-23-18-10-6-7-15-13-22-25(2)20(15)18;4*1-2/h6-7,10-14,16,23H,3-5,8-9H2,1-2H3;3*1-2H3;1H3. The minimum absolute atomic E-state index is 0.500. The van der Waals surface area contributed by atoms with Crippen molar-refractivity contribution < 1.29 is 4.39 Å². The third-order valence-electron chi connectivity index (χ3n) is 5.24. The van der Waals surface area contributed by atoms with Crippen molar-refractivity contribution in [1.29, 1.82) is 0 Å². The summed E-state index contributed by atoms with van der Waals surface area (Å²) < 4.78 is 14.8. The number of nitrogens with one attached hydrogen (secondary N) is 1. The number of para-hydroxylation sites is 1. The molecule has 0 unspecified atom stereocenters. The minimum atomic E-state index is 0.500. The van der Waals surface area contributed by atoms with Crippen LogP contribution < -0.4 is 9.62 Å². The lowest BCUT2D eigenvalue weighted by Crippen LogP contribution is -2.33. The minimum Gasteiger partial charge on any atom is -0.357 e. The Morgan fingerprint density at radius 1 is 0.941 bits per heavy atom. The highest BCUT2D eigenvalue weighted by atomic mass is 32.2. The Hall–Kier alpha value is -2.28. The number of benzene rings is 1. The van der Waals surface area contributed by atoms with E-state index in [-0.39, 0.29) is 0 Å². The lowest BCUT2D eigenvalue weighted by atomic mass is 9.94. The van der Waals surface area contributed by atoms with Gasteiger partial charge in [-0.1, -0.05) is 72.9 Å². The maximum atomic E-state index is 9.50. The van der Waals surface area contributed by atoms with E-state index < -0.39 is 0 Å². The van der Waals surface area contributed by atoms with Crippen molar-refractivity contribution in [2.45, 2.75) is 84.6 Å². The smallest absolute Gasteiger partial charge is 0.128 e. The average molecular weight is 492 g/mol. The summed E-state index contributed by atoms with van der Waals surface area (Å²) in [5, 5.41) is 5.48. The van der Waals surface area contributed by atoms with E-state index in [1.165, 1.54) is 32.1 Å². The second kappa shape index (κ2) is 19.1. The largest absolute Gasteiger partial charge is 0.357 e. The summed E-state index contributed by atoms with van der Waals surface area (Å²) in [6, 6.07) is 11.1. The third-order valence-corrected chi connectivity index (χ3v) is 6.04. The number of halogens is 1. The van der Waals surface area contributed by atoms with Gasteiger partial charge in [0.15, 0.2) is 0 Å². The molecule has 3 aromatic rings. The Balaban J connectivity index is 0.00000124. The highest BCUT2D eigenvalue weighted by Crippen LogP contribution is 2.29. The first kappa shape index (κ1) is 31.7. The first-order valence-electron chi connectivity index (χ1n) is 12.6. The lowest BCUT2D eigenvalue weighted by molar-refractivity contribution is 0.426. The van der Waals surface area contributed by atoms with E-state index in [4.69, 9.17) is 0 Å². The number of pyridine rings is 1. The maximum absolute atomic E-state index is 9.50. The van der Waals surface area contributed by atoms with Crippen LogP contribution in [0, 0.1) is 0 Å². The van der Waals surface area contributed by atoms with Crippen LogP contribution in [0.5, 0.6) is 0 Å². The van der Waals surface area contributed by atoms with Gasteiger partial charge in [0.25, 0.3) is 0 Å². The zero-order valence-electron chi connectivity index (χ0n) is 22.7. The second-order valence-electron chi connectivity index (χ2n) is 6.97. The molecule has 2 heterocycles. The lowest BCUT2D eigenvalue weighted by Gasteiger charge is -2.32. The highest BCUT2D eigenvalue weighted by Gasteiger charge is 2.19. The van der Waals surface area contributed by atoms with E-state index in [0.29, 0.717) is 13.2 Å². The SMILES string of the molecule is CC.CC.CC.CF.CN(c1ccc(SNc2cccc3cnn(C)c23)cn1)C1CCCCC1. The fourth-order valence-electron chi connectivity index (χ4n) is 3.73. The first-order chi connectivity index (χ1) is 16.7. The number of fused-ring (bicyclic) bond motifs is 1. The van der Waals surface area contributed by atoms with Gasteiger partial charge < -0.3 is 9.62 Å². The molecule has 0 amide bonds. The van der Waals surface area contributed by atoms with Crippen LogP contribution in [-0.4, -0.2) is 35.0 Å². The Kier molecular flexibility index (Phi) is 17.8. The molecule has 1 N–H and O–H groups in total. The summed E-state index contributed by atoms with van der Waals surface area (Å²) >= 11 is 1.58. The van der Waals surface area contributed by atoms with Gasteiger partial charge in [0.1, 0.15) is 5.82 Å². The van der Waals surface area contributed by atoms with E-state index in [2.05, 4.69) is 51.0 Å². The summed E-state index contributed by atoms with van der Waals surface area (Å²) in [7, 11) is 4.64. The van der Waals surface area contributed by atoms with Gasteiger partial charge in [0, 0.05) is 36.6 Å². The molecule has 1 fully saturated rings. The molecular weight excluding hydrogens is 445 g/mol. The summed E-state index contributed by atoms with van der Waals surface area (Å²) in [5.41, 5.74) is 2.18. The van der Waals surface area contributed by atoms with Crippen LogP contribution in [0.25, 0.3) is 10.9 Å². The number of nitrogens with zero attached hydrogens (tertiary/aromatic N) is 4. The van der Waals surface area contributed by atoms with Gasteiger partial charge in [0.2, 0.25) is 0 Å². The van der Waals surface area contributed by atoms with E-state index in [1.807, 2.05) is 71.7 Å². The molecule has 4 rings (SSSR count). The molecule has 34 heavy (non-hydrogen) atoms. The Bertz CT molecular complexity index is 876. The third kappa shape index (κ3) is 9.16. The van der Waals surface area contributed by atoms with Gasteiger partial charge in [0.05, 0.1) is 24.6 Å². The van der Waals surface area contributed by atoms with Gasteiger partial charge >= 0.3 is 0 Å². The van der Waals surface area contributed by atoms with Crippen LogP contribution in [0.2, 0.25) is 0 Å². The monoisotopic (exact) mass is 491 g/mol. The molecule has 0 spiro atoms.